The Kier molecular flexibility index (Phi) is 7.84. The van der Waals surface area contributed by atoms with E-state index in [1.165, 1.54) is 11.8 Å². The van der Waals surface area contributed by atoms with Crippen LogP contribution in [-0.4, -0.2) is 30.5 Å². The zero-order valence-corrected chi connectivity index (χ0v) is 23.2. The lowest BCUT2D eigenvalue weighted by atomic mass is 10.1. The molecule has 0 N–H and O–H groups in total. The topological polar surface area (TPSA) is 71.7 Å². The molecule has 192 valence electrons. The van der Waals surface area contributed by atoms with Crippen molar-refractivity contribution in [3.63, 3.8) is 0 Å². The average molecular weight is 549 g/mol. The van der Waals surface area contributed by atoms with Crippen molar-refractivity contribution in [3.8, 4) is 17.6 Å². The van der Waals surface area contributed by atoms with Crippen LogP contribution in [-0.2, 0) is 4.79 Å². The minimum Gasteiger partial charge on any atom is -0.493 e. The van der Waals surface area contributed by atoms with E-state index < -0.39 is 6.89 Å². The molecule has 0 saturated heterocycles. The maximum atomic E-state index is 13.2. The summed E-state index contributed by atoms with van der Waals surface area (Å²) in [5, 5.41) is 14.8. The normalized spacial score (nSPS) is 14.0. The van der Waals surface area contributed by atoms with Crippen LogP contribution in [0.15, 0.2) is 119 Å². The van der Waals surface area contributed by atoms with Gasteiger partial charge in [-0.2, -0.15) is 5.26 Å². The molecule has 5 nitrogen and oxygen atoms in total. The number of para-hydroxylation sites is 1. The monoisotopic (exact) mass is 548 g/mol. The van der Waals surface area contributed by atoms with Crippen LogP contribution in [0.3, 0.4) is 0 Å². The zero-order chi connectivity index (χ0) is 27.2. The second-order valence-corrected chi connectivity index (χ2v) is 12.9. The summed E-state index contributed by atoms with van der Waals surface area (Å²) >= 11 is 1.22. The molecule has 0 aliphatic carbocycles. The van der Waals surface area contributed by atoms with E-state index in [-0.39, 0.29) is 5.91 Å². The molecule has 1 amide bonds. The fourth-order valence-corrected chi connectivity index (χ4v) is 10.1. The predicted octanol–water partition coefficient (Wildman–Crippen LogP) is 5.41. The van der Waals surface area contributed by atoms with E-state index in [0.29, 0.717) is 32.3 Å². The summed E-state index contributed by atoms with van der Waals surface area (Å²) in [5.74, 6) is 0.702. The molecule has 0 unspecified atom stereocenters. The van der Waals surface area contributed by atoms with Gasteiger partial charge in [0.05, 0.1) is 24.4 Å². The van der Waals surface area contributed by atoms with E-state index in [4.69, 9.17) is 9.47 Å². The van der Waals surface area contributed by atoms with Crippen LogP contribution >= 0.6 is 18.6 Å². The van der Waals surface area contributed by atoms with Crippen molar-refractivity contribution in [2.45, 2.75) is 0 Å². The molecule has 0 atom stereocenters. The Morgan fingerprint density at radius 2 is 1.33 bits per heavy atom. The first kappa shape index (κ1) is 26.3. The Bertz CT molecular complexity index is 1570. The van der Waals surface area contributed by atoms with Gasteiger partial charge in [0.2, 0.25) is 0 Å². The first-order valence-corrected chi connectivity index (χ1v) is 14.8. The van der Waals surface area contributed by atoms with E-state index in [2.05, 4.69) is 47.5 Å². The molecule has 1 heterocycles. The molecule has 4 aromatic carbocycles. The first-order valence-electron chi connectivity index (χ1n) is 12.2. The largest absolute Gasteiger partial charge is 0.493 e. The van der Waals surface area contributed by atoms with E-state index in [1.54, 1.807) is 26.4 Å². The van der Waals surface area contributed by atoms with Crippen molar-refractivity contribution in [1.29, 1.82) is 5.26 Å². The van der Waals surface area contributed by atoms with Gasteiger partial charge in [-0.15, -0.1) is 0 Å². The molecule has 0 saturated carbocycles. The number of hydrogen-bond acceptors (Lipinski definition) is 5. The molecule has 1 aliphatic heterocycles. The molecular weight excluding hydrogens is 523 g/mol. The number of hydrogen-bond donors (Lipinski definition) is 0. The van der Waals surface area contributed by atoms with Crippen LogP contribution in [0, 0.1) is 11.3 Å². The SMILES string of the molecule is COc1cccc(/C=C2\SC(C(C#N)=P(c3ccccc3)(c3ccccc3)c3ccccc3)=NC2=O)c1OC. The quantitative estimate of drug-likeness (QED) is 0.228. The predicted molar refractivity (Wildman–Crippen MR) is 163 cm³/mol. The lowest BCUT2D eigenvalue weighted by molar-refractivity contribution is -0.113. The zero-order valence-electron chi connectivity index (χ0n) is 21.4. The maximum absolute atomic E-state index is 13.2. The average Bonchev–Trinajstić information content (AvgIpc) is 3.36. The summed E-state index contributed by atoms with van der Waals surface area (Å²) in [6, 6.07) is 38.2. The van der Waals surface area contributed by atoms with Gasteiger partial charge in [-0.1, -0.05) is 115 Å². The molecule has 0 bridgehead atoms. The highest BCUT2D eigenvalue weighted by atomic mass is 32.2. The molecule has 0 aromatic heterocycles. The number of carbonyl (C=O) groups is 1. The van der Waals surface area contributed by atoms with E-state index >= 15 is 0 Å². The Balaban J connectivity index is 1.77. The van der Waals surface area contributed by atoms with Crippen molar-refractivity contribution in [2.75, 3.05) is 14.2 Å². The number of methoxy groups -OCH3 is 2. The van der Waals surface area contributed by atoms with Gasteiger partial charge >= 0.3 is 0 Å². The number of rotatable bonds is 7. The van der Waals surface area contributed by atoms with Crippen molar-refractivity contribution >= 4 is 56.9 Å². The van der Waals surface area contributed by atoms with Gasteiger partial charge in [0.1, 0.15) is 11.1 Å². The van der Waals surface area contributed by atoms with Gasteiger partial charge in [0.15, 0.2) is 11.5 Å². The lowest BCUT2D eigenvalue weighted by Gasteiger charge is -2.30. The number of nitriles is 1. The summed E-state index contributed by atoms with van der Waals surface area (Å²) in [6.07, 6.45) is 1.74. The van der Waals surface area contributed by atoms with Crippen molar-refractivity contribution < 1.29 is 14.3 Å². The van der Waals surface area contributed by atoms with E-state index in [1.807, 2.05) is 66.7 Å². The van der Waals surface area contributed by atoms with Gasteiger partial charge in [-0.05, 0) is 34.9 Å². The molecule has 7 heteroatoms. The van der Waals surface area contributed by atoms with Crippen molar-refractivity contribution in [1.82, 2.24) is 0 Å². The van der Waals surface area contributed by atoms with Crippen LogP contribution in [0.1, 0.15) is 5.56 Å². The summed E-state index contributed by atoms with van der Waals surface area (Å²) in [7, 11) is 3.13. The van der Waals surface area contributed by atoms with E-state index in [9.17, 15) is 10.1 Å². The van der Waals surface area contributed by atoms with Crippen molar-refractivity contribution in [2.24, 2.45) is 4.99 Å². The third-order valence-electron chi connectivity index (χ3n) is 6.41. The number of nitrogens with zero attached hydrogens (tertiary/aromatic N) is 2. The van der Waals surface area contributed by atoms with Crippen LogP contribution < -0.4 is 25.4 Å². The summed E-state index contributed by atoms with van der Waals surface area (Å²) in [6.45, 7) is -2.70. The Morgan fingerprint density at radius 3 is 1.79 bits per heavy atom. The first-order chi connectivity index (χ1) is 19.1. The van der Waals surface area contributed by atoms with Crippen LogP contribution in [0.5, 0.6) is 11.5 Å². The summed E-state index contributed by atoms with van der Waals surface area (Å²) in [5.41, 5.74) is 0.692. The fraction of sp³-hybridized carbons (Fsp3) is 0.0625. The molecule has 0 fully saturated rings. The Labute approximate surface area is 232 Å². The fourth-order valence-electron chi connectivity index (χ4n) is 4.73. The highest BCUT2D eigenvalue weighted by Gasteiger charge is 2.35. The van der Waals surface area contributed by atoms with Crippen LogP contribution in [0.2, 0.25) is 0 Å². The molecule has 1 aliphatic rings. The van der Waals surface area contributed by atoms with Crippen LogP contribution in [0.4, 0.5) is 0 Å². The summed E-state index contributed by atoms with van der Waals surface area (Å²) in [4.78, 5) is 18.1. The highest BCUT2D eigenvalue weighted by molar-refractivity contribution is 8.22. The smallest absolute Gasteiger partial charge is 0.284 e. The summed E-state index contributed by atoms with van der Waals surface area (Å²) < 4.78 is 11.0. The van der Waals surface area contributed by atoms with Gasteiger partial charge in [0, 0.05) is 5.56 Å². The maximum Gasteiger partial charge on any atom is 0.284 e. The molecular formula is C32H25N2O3PS. The molecule has 0 spiro atoms. The number of aliphatic imine (C=N–C) groups is 1. The Morgan fingerprint density at radius 1 is 0.795 bits per heavy atom. The number of benzene rings is 4. The number of carbonyl (C=O) groups excluding carboxylic acids is 1. The number of thioether (sulfide) groups is 1. The second-order valence-electron chi connectivity index (χ2n) is 8.55. The van der Waals surface area contributed by atoms with Gasteiger partial charge in [0.25, 0.3) is 5.91 Å². The number of ether oxygens (including phenoxy) is 2. The van der Waals surface area contributed by atoms with Gasteiger partial charge < -0.3 is 9.47 Å². The van der Waals surface area contributed by atoms with Gasteiger partial charge in [-0.3, -0.25) is 4.79 Å². The standard InChI is InChI=1S/C32H25N2O3PS/c1-36-27-20-12-13-23(30(27)37-2)21-29-31(35)34-32(39-29)28(22-33)38(24-14-6-3-7-15-24,25-16-8-4-9-17-25)26-18-10-5-11-19-26/h3-21H,1-2H3/b29-21-. The van der Waals surface area contributed by atoms with Gasteiger partial charge in [-0.25, -0.2) is 4.99 Å². The minimum absolute atomic E-state index is 0.389. The van der Waals surface area contributed by atoms with E-state index in [0.717, 1.165) is 15.9 Å². The third kappa shape index (κ3) is 4.83. The number of amides is 1. The molecule has 0 radical (unpaired) electrons. The lowest BCUT2D eigenvalue weighted by Crippen LogP contribution is -2.32. The minimum atomic E-state index is -2.70. The molecule has 5 rings (SSSR count). The Hall–Kier alpha value is -4.30. The molecule has 4 aromatic rings. The highest BCUT2D eigenvalue weighted by Crippen LogP contribution is 2.48. The molecule has 39 heavy (non-hydrogen) atoms. The van der Waals surface area contributed by atoms with Crippen LogP contribution in [0.25, 0.3) is 6.08 Å². The van der Waals surface area contributed by atoms with Crippen molar-refractivity contribution in [3.05, 3.63) is 120 Å². The second kappa shape index (κ2) is 11.6. The third-order valence-corrected chi connectivity index (χ3v) is 11.8.